The molecule has 4 nitrogen and oxygen atoms in total. The van der Waals surface area contributed by atoms with E-state index < -0.39 is 0 Å². The predicted octanol–water partition coefficient (Wildman–Crippen LogP) is 3.87. The zero-order chi connectivity index (χ0) is 14.8. The van der Waals surface area contributed by atoms with E-state index in [0.717, 1.165) is 34.1 Å². The summed E-state index contributed by atoms with van der Waals surface area (Å²) in [6.07, 6.45) is 0. The normalized spacial score (nSPS) is 11.0. The van der Waals surface area contributed by atoms with E-state index in [2.05, 4.69) is 9.97 Å². The first kappa shape index (κ1) is 13.9. The molecule has 0 aliphatic rings. The lowest BCUT2D eigenvalue weighted by molar-refractivity contribution is 0.340. The molecular formula is C16H16ClN3O. The number of benzene rings is 1. The molecule has 0 N–H and O–H groups in total. The number of hydrogen-bond donors (Lipinski definition) is 0. The molecule has 0 saturated heterocycles. The van der Waals surface area contributed by atoms with Gasteiger partial charge in [-0.15, -0.1) is 11.6 Å². The van der Waals surface area contributed by atoms with Gasteiger partial charge in [0.1, 0.15) is 17.1 Å². The molecule has 108 valence electrons. The SMILES string of the molecule is CCOc1cccc(-n2c(CCl)nc3ccc(C)nc32)c1. The molecule has 2 heterocycles. The second-order valence-corrected chi connectivity index (χ2v) is 4.99. The molecule has 21 heavy (non-hydrogen) atoms. The average Bonchev–Trinajstić information content (AvgIpc) is 2.85. The maximum absolute atomic E-state index is 6.05. The van der Waals surface area contributed by atoms with Crippen LogP contribution in [0.2, 0.25) is 0 Å². The lowest BCUT2D eigenvalue weighted by atomic mass is 10.3. The number of pyridine rings is 1. The van der Waals surface area contributed by atoms with E-state index >= 15 is 0 Å². The Hall–Kier alpha value is -2.07. The van der Waals surface area contributed by atoms with Crippen molar-refractivity contribution in [2.24, 2.45) is 0 Å². The monoisotopic (exact) mass is 301 g/mol. The molecule has 0 unspecified atom stereocenters. The molecule has 0 saturated carbocycles. The number of aromatic nitrogens is 3. The molecule has 1 aromatic carbocycles. The Morgan fingerprint density at radius 3 is 2.81 bits per heavy atom. The fourth-order valence-corrected chi connectivity index (χ4v) is 2.52. The Labute approximate surface area is 128 Å². The molecule has 0 radical (unpaired) electrons. The first-order valence-corrected chi connectivity index (χ1v) is 7.40. The van der Waals surface area contributed by atoms with E-state index in [0.29, 0.717) is 12.5 Å². The molecule has 0 fully saturated rings. The van der Waals surface area contributed by atoms with E-state index in [1.807, 2.05) is 54.8 Å². The van der Waals surface area contributed by atoms with Crippen molar-refractivity contribution in [3.63, 3.8) is 0 Å². The Kier molecular flexibility index (Phi) is 3.80. The van der Waals surface area contributed by atoms with E-state index in [-0.39, 0.29) is 0 Å². The van der Waals surface area contributed by atoms with Gasteiger partial charge in [-0.25, -0.2) is 9.97 Å². The van der Waals surface area contributed by atoms with Gasteiger partial charge in [0.05, 0.1) is 18.2 Å². The molecule has 5 heteroatoms. The van der Waals surface area contributed by atoms with Crippen molar-refractivity contribution < 1.29 is 4.74 Å². The highest BCUT2D eigenvalue weighted by atomic mass is 35.5. The van der Waals surface area contributed by atoms with E-state index in [1.54, 1.807) is 0 Å². The van der Waals surface area contributed by atoms with Gasteiger partial charge in [-0.3, -0.25) is 4.57 Å². The maximum atomic E-state index is 6.05. The van der Waals surface area contributed by atoms with Gasteiger partial charge in [0.15, 0.2) is 5.65 Å². The van der Waals surface area contributed by atoms with Crippen LogP contribution < -0.4 is 4.74 Å². The number of fused-ring (bicyclic) bond motifs is 1. The summed E-state index contributed by atoms with van der Waals surface area (Å²) in [5.74, 6) is 1.93. The van der Waals surface area contributed by atoms with Crippen molar-refractivity contribution in [1.82, 2.24) is 14.5 Å². The van der Waals surface area contributed by atoms with E-state index in [4.69, 9.17) is 16.3 Å². The Balaban J connectivity index is 2.22. The molecule has 3 rings (SSSR count). The lowest BCUT2D eigenvalue weighted by Crippen LogP contribution is -2.01. The summed E-state index contributed by atoms with van der Waals surface area (Å²) in [5, 5.41) is 0. The molecule has 0 spiro atoms. The van der Waals surface area contributed by atoms with Crippen LogP contribution in [0.5, 0.6) is 5.75 Å². The number of hydrogen-bond acceptors (Lipinski definition) is 3. The van der Waals surface area contributed by atoms with Gasteiger partial charge in [-0.1, -0.05) is 6.07 Å². The lowest BCUT2D eigenvalue weighted by Gasteiger charge is -2.10. The van der Waals surface area contributed by atoms with Crippen LogP contribution in [-0.2, 0) is 5.88 Å². The summed E-state index contributed by atoms with van der Waals surface area (Å²) in [6.45, 7) is 4.57. The van der Waals surface area contributed by atoms with Gasteiger partial charge in [-0.05, 0) is 38.1 Å². The zero-order valence-corrected chi connectivity index (χ0v) is 12.8. The van der Waals surface area contributed by atoms with E-state index in [1.165, 1.54) is 0 Å². The predicted molar refractivity (Wildman–Crippen MR) is 84.3 cm³/mol. The van der Waals surface area contributed by atoms with Crippen LogP contribution in [0.1, 0.15) is 18.4 Å². The summed E-state index contributed by atoms with van der Waals surface area (Å²) in [7, 11) is 0. The largest absolute Gasteiger partial charge is 0.494 e. The van der Waals surface area contributed by atoms with Gasteiger partial charge in [-0.2, -0.15) is 0 Å². The van der Waals surface area contributed by atoms with Crippen molar-refractivity contribution in [2.75, 3.05) is 6.61 Å². The van der Waals surface area contributed by atoms with Gasteiger partial charge in [0, 0.05) is 11.8 Å². The van der Waals surface area contributed by atoms with Gasteiger partial charge in [0.2, 0.25) is 0 Å². The number of aryl methyl sites for hydroxylation is 1. The average molecular weight is 302 g/mol. The van der Waals surface area contributed by atoms with Crippen LogP contribution in [0.4, 0.5) is 0 Å². The zero-order valence-electron chi connectivity index (χ0n) is 12.0. The number of imidazole rings is 1. The second kappa shape index (κ2) is 5.74. The van der Waals surface area contributed by atoms with E-state index in [9.17, 15) is 0 Å². The van der Waals surface area contributed by atoms with Crippen LogP contribution in [0.3, 0.4) is 0 Å². The molecule has 0 aliphatic carbocycles. The summed E-state index contributed by atoms with van der Waals surface area (Å²) < 4.78 is 7.55. The van der Waals surface area contributed by atoms with Crippen molar-refractivity contribution in [3.8, 4) is 11.4 Å². The highest BCUT2D eigenvalue weighted by Gasteiger charge is 2.13. The van der Waals surface area contributed by atoms with Crippen LogP contribution >= 0.6 is 11.6 Å². The van der Waals surface area contributed by atoms with Crippen molar-refractivity contribution in [2.45, 2.75) is 19.7 Å². The molecule has 0 atom stereocenters. The maximum Gasteiger partial charge on any atom is 0.164 e. The van der Waals surface area contributed by atoms with Crippen LogP contribution in [-0.4, -0.2) is 21.1 Å². The minimum Gasteiger partial charge on any atom is -0.494 e. The quantitative estimate of drug-likeness (QED) is 0.687. The Morgan fingerprint density at radius 1 is 1.19 bits per heavy atom. The summed E-state index contributed by atoms with van der Waals surface area (Å²) in [6, 6.07) is 11.8. The second-order valence-electron chi connectivity index (χ2n) is 4.72. The summed E-state index contributed by atoms with van der Waals surface area (Å²) >= 11 is 6.05. The third kappa shape index (κ3) is 2.59. The van der Waals surface area contributed by atoms with Crippen LogP contribution in [0.25, 0.3) is 16.9 Å². The van der Waals surface area contributed by atoms with Gasteiger partial charge >= 0.3 is 0 Å². The van der Waals surface area contributed by atoms with Crippen molar-refractivity contribution in [3.05, 3.63) is 47.9 Å². The minimum absolute atomic E-state index is 0.328. The molecule has 3 aromatic rings. The molecule has 0 amide bonds. The number of nitrogens with zero attached hydrogens (tertiary/aromatic N) is 3. The minimum atomic E-state index is 0.328. The standard InChI is InChI=1S/C16H16ClN3O/c1-3-21-13-6-4-5-12(9-13)20-15(10-17)19-14-8-7-11(2)18-16(14)20/h4-9H,3,10H2,1-2H3. The van der Waals surface area contributed by atoms with Gasteiger partial charge in [0.25, 0.3) is 0 Å². The number of ether oxygens (including phenoxy) is 1. The van der Waals surface area contributed by atoms with Crippen LogP contribution in [0.15, 0.2) is 36.4 Å². The third-order valence-corrected chi connectivity index (χ3v) is 3.46. The number of rotatable bonds is 4. The summed E-state index contributed by atoms with van der Waals surface area (Å²) in [4.78, 5) is 9.15. The fraction of sp³-hybridized carbons (Fsp3) is 0.250. The topological polar surface area (TPSA) is 39.9 Å². The Morgan fingerprint density at radius 2 is 2.05 bits per heavy atom. The van der Waals surface area contributed by atoms with Crippen molar-refractivity contribution in [1.29, 1.82) is 0 Å². The van der Waals surface area contributed by atoms with Gasteiger partial charge < -0.3 is 4.74 Å². The molecule has 0 aliphatic heterocycles. The first-order valence-electron chi connectivity index (χ1n) is 6.87. The number of alkyl halides is 1. The van der Waals surface area contributed by atoms with Crippen LogP contribution in [0, 0.1) is 6.92 Å². The first-order chi connectivity index (χ1) is 10.2. The van der Waals surface area contributed by atoms with Crippen molar-refractivity contribution >= 4 is 22.8 Å². The molecular weight excluding hydrogens is 286 g/mol. The molecule has 0 bridgehead atoms. The smallest absolute Gasteiger partial charge is 0.164 e. The number of halogens is 1. The fourth-order valence-electron chi connectivity index (χ4n) is 2.34. The summed E-state index contributed by atoms with van der Waals surface area (Å²) in [5.41, 5.74) is 3.57. The highest BCUT2D eigenvalue weighted by molar-refractivity contribution is 6.16. The Bertz CT molecular complexity index is 782. The highest BCUT2D eigenvalue weighted by Crippen LogP contribution is 2.24. The third-order valence-electron chi connectivity index (χ3n) is 3.22. The molecule has 2 aromatic heterocycles.